The van der Waals surface area contributed by atoms with Crippen LogP contribution < -0.4 is 5.32 Å². The van der Waals surface area contributed by atoms with Crippen molar-refractivity contribution in [2.45, 2.75) is 12.8 Å². The Bertz CT molecular complexity index is 979. The Morgan fingerprint density at radius 2 is 1.77 bits per heavy atom. The summed E-state index contributed by atoms with van der Waals surface area (Å²) in [6, 6.07) is 20.2. The summed E-state index contributed by atoms with van der Waals surface area (Å²) in [6.07, 6.45) is 1.89. The van der Waals surface area contributed by atoms with Gasteiger partial charge in [0.15, 0.2) is 0 Å². The van der Waals surface area contributed by atoms with E-state index in [-0.39, 0.29) is 12.5 Å². The molecule has 3 aromatic rings. The van der Waals surface area contributed by atoms with Crippen LogP contribution in [0.2, 0.25) is 5.02 Å². The third-order valence-corrected chi connectivity index (χ3v) is 5.74. The molecule has 130 valence electrons. The van der Waals surface area contributed by atoms with Crippen LogP contribution in [0.3, 0.4) is 0 Å². The number of hydrogen-bond acceptors (Lipinski definition) is 3. The summed E-state index contributed by atoms with van der Waals surface area (Å²) in [6.45, 7) is 0.112. The highest BCUT2D eigenvalue weighted by molar-refractivity contribution is 7.16. The predicted octanol–water partition coefficient (Wildman–Crippen LogP) is 4.98. The highest BCUT2D eigenvalue weighted by atomic mass is 35.5. The molecule has 1 aliphatic heterocycles. The Balaban J connectivity index is 1.67. The molecule has 0 aliphatic carbocycles. The number of fused-ring (bicyclic) bond motifs is 1. The van der Waals surface area contributed by atoms with E-state index in [9.17, 15) is 4.79 Å². The summed E-state index contributed by atoms with van der Waals surface area (Å²) in [5, 5.41) is 4.48. The van der Waals surface area contributed by atoms with Gasteiger partial charge in [-0.1, -0.05) is 60.1 Å². The normalized spacial score (nSPS) is 13.6. The molecule has 4 rings (SSSR count). The highest BCUT2D eigenvalue weighted by Gasteiger charge is 2.22. The van der Waals surface area contributed by atoms with Gasteiger partial charge in [0.1, 0.15) is 11.5 Å². The number of thiophene rings is 1. The van der Waals surface area contributed by atoms with Crippen LogP contribution in [0.25, 0.3) is 0 Å². The number of anilines is 1. The van der Waals surface area contributed by atoms with Crippen LogP contribution in [0.5, 0.6) is 0 Å². The molecule has 3 nitrogen and oxygen atoms in total. The van der Waals surface area contributed by atoms with Gasteiger partial charge in [-0.2, -0.15) is 0 Å². The number of carbonyl (C=O) groups is 1. The zero-order valence-corrected chi connectivity index (χ0v) is 15.6. The van der Waals surface area contributed by atoms with E-state index >= 15 is 0 Å². The molecule has 0 saturated heterocycles. The third kappa shape index (κ3) is 3.57. The number of nitrogens with zero attached hydrogens (tertiary/aromatic N) is 1. The summed E-state index contributed by atoms with van der Waals surface area (Å²) in [5.74, 6) is -0.0928. The molecular formula is C21H17ClN2OS. The van der Waals surface area contributed by atoms with Crippen molar-refractivity contribution in [1.82, 2.24) is 0 Å². The van der Waals surface area contributed by atoms with Gasteiger partial charge < -0.3 is 5.32 Å². The molecule has 26 heavy (non-hydrogen) atoms. The minimum atomic E-state index is -0.0928. The number of carbonyl (C=O) groups excluding carboxylic acids is 1. The van der Waals surface area contributed by atoms with E-state index in [2.05, 4.69) is 40.6 Å². The Labute approximate surface area is 161 Å². The van der Waals surface area contributed by atoms with Gasteiger partial charge in [0.2, 0.25) is 5.91 Å². The number of aryl methyl sites for hydroxylation is 2. The van der Waals surface area contributed by atoms with Crippen molar-refractivity contribution in [2.24, 2.45) is 4.99 Å². The molecule has 1 amide bonds. The molecule has 5 heteroatoms. The maximum Gasteiger partial charge on any atom is 0.246 e. The van der Waals surface area contributed by atoms with Gasteiger partial charge in [0, 0.05) is 21.0 Å². The second-order valence-electron chi connectivity index (χ2n) is 6.13. The molecule has 2 heterocycles. The summed E-state index contributed by atoms with van der Waals surface area (Å²) in [4.78, 5) is 17.8. The van der Waals surface area contributed by atoms with E-state index in [0.717, 1.165) is 34.7 Å². The second-order valence-corrected chi connectivity index (χ2v) is 7.68. The summed E-state index contributed by atoms with van der Waals surface area (Å²) in [7, 11) is 0. The first kappa shape index (κ1) is 17.0. The molecule has 0 spiro atoms. The van der Waals surface area contributed by atoms with Gasteiger partial charge in [-0.05, 0) is 30.5 Å². The standard InChI is InChI=1S/C21H17ClN2OS/c22-18-9-5-4-8-16(18)20-17-12-15(11-10-14-6-2-1-3-7-14)26-21(17)24-19(25)13-23-20/h1-9,12H,10-11,13H2,(H,24,25). The number of nitrogens with one attached hydrogen (secondary N) is 1. The largest absolute Gasteiger partial charge is 0.316 e. The first-order valence-corrected chi connectivity index (χ1v) is 9.66. The number of benzene rings is 2. The van der Waals surface area contributed by atoms with Crippen LogP contribution >= 0.6 is 22.9 Å². The molecule has 1 N–H and O–H groups in total. The van der Waals surface area contributed by atoms with Crippen molar-refractivity contribution in [3.63, 3.8) is 0 Å². The molecule has 0 saturated carbocycles. The summed E-state index contributed by atoms with van der Waals surface area (Å²) < 4.78 is 0. The lowest BCUT2D eigenvalue weighted by Crippen LogP contribution is -2.12. The number of hydrogen-bond donors (Lipinski definition) is 1. The zero-order chi connectivity index (χ0) is 17.9. The Hall–Kier alpha value is -2.43. The van der Waals surface area contributed by atoms with Crippen molar-refractivity contribution in [3.05, 3.63) is 87.3 Å². The van der Waals surface area contributed by atoms with Gasteiger partial charge >= 0.3 is 0 Å². The molecular weight excluding hydrogens is 364 g/mol. The van der Waals surface area contributed by atoms with Crippen LogP contribution in [-0.4, -0.2) is 18.2 Å². The van der Waals surface area contributed by atoms with Crippen LogP contribution in [-0.2, 0) is 17.6 Å². The quantitative estimate of drug-likeness (QED) is 0.681. The summed E-state index contributed by atoms with van der Waals surface area (Å²) in [5.41, 5.74) is 3.91. The minimum Gasteiger partial charge on any atom is -0.316 e. The SMILES string of the molecule is O=C1CN=C(c2ccccc2Cl)c2cc(CCc3ccccc3)sc2N1. The first-order valence-electron chi connectivity index (χ1n) is 8.47. The topological polar surface area (TPSA) is 41.5 Å². The average Bonchev–Trinajstić information content (AvgIpc) is 2.98. The minimum absolute atomic E-state index is 0.0928. The zero-order valence-electron chi connectivity index (χ0n) is 14.0. The predicted molar refractivity (Wildman–Crippen MR) is 109 cm³/mol. The lowest BCUT2D eigenvalue weighted by molar-refractivity contribution is -0.114. The molecule has 1 aliphatic rings. The Kier molecular flexibility index (Phi) is 4.87. The van der Waals surface area contributed by atoms with E-state index in [1.165, 1.54) is 10.4 Å². The first-order chi connectivity index (χ1) is 12.7. The van der Waals surface area contributed by atoms with Crippen molar-refractivity contribution < 1.29 is 4.79 Å². The van der Waals surface area contributed by atoms with Crippen LogP contribution in [0.1, 0.15) is 21.6 Å². The average molecular weight is 381 g/mol. The molecule has 0 unspecified atom stereocenters. The fourth-order valence-corrected chi connectivity index (χ4v) is 4.33. The Morgan fingerprint density at radius 3 is 2.58 bits per heavy atom. The molecule has 2 aromatic carbocycles. The van der Waals surface area contributed by atoms with Crippen LogP contribution in [0.15, 0.2) is 65.7 Å². The molecule has 0 radical (unpaired) electrons. The van der Waals surface area contributed by atoms with Crippen LogP contribution in [0.4, 0.5) is 5.00 Å². The lowest BCUT2D eigenvalue weighted by Gasteiger charge is -2.07. The van der Waals surface area contributed by atoms with Crippen molar-refractivity contribution >= 4 is 39.6 Å². The fourth-order valence-electron chi connectivity index (χ4n) is 3.03. The summed E-state index contributed by atoms with van der Waals surface area (Å²) >= 11 is 8.00. The number of halogens is 1. The Morgan fingerprint density at radius 1 is 1.00 bits per heavy atom. The maximum atomic E-state index is 12.1. The third-order valence-electron chi connectivity index (χ3n) is 4.30. The van der Waals surface area contributed by atoms with E-state index < -0.39 is 0 Å². The molecule has 0 fully saturated rings. The van der Waals surface area contributed by atoms with Crippen molar-refractivity contribution in [3.8, 4) is 0 Å². The van der Waals surface area contributed by atoms with Gasteiger partial charge in [-0.15, -0.1) is 11.3 Å². The lowest BCUT2D eigenvalue weighted by atomic mass is 10.0. The number of aliphatic imine (C=N–C) groups is 1. The highest BCUT2D eigenvalue weighted by Crippen LogP contribution is 2.34. The van der Waals surface area contributed by atoms with Gasteiger partial charge in [0.05, 0.1) is 5.71 Å². The van der Waals surface area contributed by atoms with Crippen molar-refractivity contribution in [2.75, 3.05) is 11.9 Å². The monoisotopic (exact) mass is 380 g/mol. The van der Waals surface area contributed by atoms with E-state index in [1.807, 2.05) is 30.3 Å². The second kappa shape index (κ2) is 7.44. The molecule has 0 bridgehead atoms. The van der Waals surface area contributed by atoms with Gasteiger partial charge in [-0.25, -0.2) is 0 Å². The van der Waals surface area contributed by atoms with Crippen molar-refractivity contribution in [1.29, 1.82) is 0 Å². The van der Waals surface area contributed by atoms with Gasteiger partial charge in [0.25, 0.3) is 0 Å². The van der Waals surface area contributed by atoms with E-state index in [4.69, 9.17) is 11.6 Å². The van der Waals surface area contributed by atoms with Crippen LogP contribution in [0, 0.1) is 0 Å². The van der Waals surface area contributed by atoms with Gasteiger partial charge in [-0.3, -0.25) is 9.79 Å². The van der Waals surface area contributed by atoms with E-state index in [1.54, 1.807) is 11.3 Å². The maximum absolute atomic E-state index is 12.1. The fraction of sp³-hybridized carbons (Fsp3) is 0.143. The number of rotatable bonds is 4. The molecule has 1 aromatic heterocycles. The van der Waals surface area contributed by atoms with E-state index in [0.29, 0.717) is 5.02 Å². The smallest absolute Gasteiger partial charge is 0.246 e. The number of amides is 1. The molecule has 0 atom stereocenters.